The van der Waals surface area contributed by atoms with Crippen LogP contribution in [0.25, 0.3) is 21.3 Å². The number of nitrogens with zero attached hydrogens (tertiary/aromatic N) is 6. The molecule has 5 heterocycles. The second kappa shape index (κ2) is 6.50. The van der Waals surface area contributed by atoms with Gasteiger partial charge in [-0.15, -0.1) is 22.7 Å². The quantitative estimate of drug-likeness (QED) is 0.489. The van der Waals surface area contributed by atoms with Crippen molar-refractivity contribution in [2.45, 2.75) is 13.0 Å². The molecule has 10 heteroatoms. The lowest BCUT2D eigenvalue weighted by Crippen LogP contribution is -2.24. The Labute approximate surface area is 166 Å². The first-order valence-electron chi connectivity index (χ1n) is 8.52. The second-order valence-corrected chi connectivity index (χ2v) is 8.20. The summed E-state index contributed by atoms with van der Waals surface area (Å²) in [6, 6.07) is 5.58. The average Bonchev–Trinajstić information content (AvgIpc) is 3.37. The van der Waals surface area contributed by atoms with Gasteiger partial charge in [0.25, 0.3) is 5.56 Å². The maximum atomic E-state index is 13.0. The Morgan fingerprint density at radius 3 is 2.89 bits per heavy atom. The van der Waals surface area contributed by atoms with E-state index in [2.05, 4.69) is 15.1 Å². The number of nitrogens with two attached hydrogens (primary N) is 1. The van der Waals surface area contributed by atoms with Gasteiger partial charge in [0.1, 0.15) is 16.3 Å². The van der Waals surface area contributed by atoms with Gasteiger partial charge < -0.3 is 10.3 Å². The second-order valence-electron chi connectivity index (χ2n) is 6.40. The summed E-state index contributed by atoms with van der Waals surface area (Å²) >= 11 is 3.06. The van der Waals surface area contributed by atoms with Crippen LogP contribution in [0.15, 0.2) is 40.1 Å². The molecule has 0 spiro atoms. The molecular formula is C18H15N7OS2. The molecule has 8 nitrogen and oxygen atoms in total. The van der Waals surface area contributed by atoms with Gasteiger partial charge >= 0.3 is 0 Å². The first-order valence-corrected chi connectivity index (χ1v) is 10.3. The molecule has 5 aromatic rings. The molecule has 5 rings (SSSR count). The fraction of sp³-hybridized carbons (Fsp3) is 0.167. The number of hydrogen-bond donors (Lipinski definition) is 1. The van der Waals surface area contributed by atoms with Gasteiger partial charge in [0.05, 0.1) is 28.6 Å². The van der Waals surface area contributed by atoms with Crippen LogP contribution in [-0.2, 0) is 20.0 Å². The minimum Gasteiger partial charge on any atom is -0.384 e. The Kier molecular flexibility index (Phi) is 3.95. The summed E-state index contributed by atoms with van der Waals surface area (Å²) < 4.78 is 4.25. The van der Waals surface area contributed by atoms with Gasteiger partial charge in [0.2, 0.25) is 0 Å². The van der Waals surface area contributed by atoms with E-state index in [1.807, 2.05) is 29.1 Å². The van der Waals surface area contributed by atoms with E-state index in [0.717, 1.165) is 32.1 Å². The van der Waals surface area contributed by atoms with Crippen molar-refractivity contribution in [1.29, 1.82) is 0 Å². The van der Waals surface area contributed by atoms with Crippen molar-refractivity contribution in [3.05, 3.63) is 62.0 Å². The molecule has 5 aromatic heterocycles. The lowest BCUT2D eigenvalue weighted by Gasteiger charge is -2.03. The highest BCUT2D eigenvalue weighted by molar-refractivity contribution is 7.19. The monoisotopic (exact) mass is 409 g/mol. The Bertz CT molecular complexity index is 1360. The van der Waals surface area contributed by atoms with E-state index < -0.39 is 0 Å². The van der Waals surface area contributed by atoms with Crippen LogP contribution in [0.3, 0.4) is 0 Å². The molecule has 0 bridgehead atoms. The van der Waals surface area contributed by atoms with Gasteiger partial charge in [0.15, 0.2) is 5.65 Å². The summed E-state index contributed by atoms with van der Waals surface area (Å²) in [4.78, 5) is 26.3. The third kappa shape index (κ3) is 2.77. The molecule has 0 unspecified atom stereocenters. The molecule has 0 aliphatic heterocycles. The fourth-order valence-corrected chi connectivity index (χ4v) is 4.91. The normalized spacial score (nSPS) is 11.6. The van der Waals surface area contributed by atoms with Crippen LogP contribution >= 0.6 is 22.7 Å². The summed E-state index contributed by atoms with van der Waals surface area (Å²) in [5.41, 5.74) is 10.4. The van der Waals surface area contributed by atoms with Crippen LogP contribution in [-0.4, -0.2) is 29.3 Å². The lowest BCUT2D eigenvalue weighted by atomic mass is 10.3. The molecule has 0 fully saturated rings. The molecule has 0 aliphatic rings. The highest BCUT2D eigenvalue weighted by Crippen LogP contribution is 2.31. The molecule has 2 N–H and O–H groups in total. The van der Waals surface area contributed by atoms with Crippen LogP contribution < -0.4 is 11.3 Å². The number of rotatable bonds is 4. The van der Waals surface area contributed by atoms with E-state index in [1.54, 1.807) is 29.1 Å². The van der Waals surface area contributed by atoms with Crippen LogP contribution in [0.2, 0.25) is 0 Å². The third-order valence-corrected chi connectivity index (χ3v) is 6.24. The summed E-state index contributed by atoms with van der Waals surface area (Å²) in [5, 5.41) is 8.02. The van der Waals surface area contributed by atoms with E-state index >= 15 is 0 Å². The number of fused-ring (bicyclic) bond motifs is 3. The topological polar surface area (TPSA) is 105 Å². The maximum absolute atomic E-state index is 13.0. The number of aromatic nitrogens is 6. The van der Waals surface area contributed by atoms with E-state index in [-0.39, 0.29) is 5.56 Å². The Morgan fingerprint density at radius 2 is 2.11 bits per heavy atom. The van der Waals surface area contributed by atoms with Gasteiger partial charge in [0, 0.05) is 29.9 Å². The zero-order valence-corrected chi connectivity index (χ0v) is 16.5. The molecule has 0 aliphatic carbocycles. The third-order valence-electron chi connectivity index (χ3n) is 4.53. The van der Waals surface area contributed by atoms with Gasteiger partial charge in [-0.2, -0.15) is 5.10 Å². The molecule has 0 radical (unpaired) electrons. The van der Waals surface area contributed by atoms with Gasteiger partial charge in [-0.3, -0.25) is 4.79 Å². The summed E-state index contributed by atoms with van der Waals surface area (Å²) in [7, 11) is 1.86. The molecule has 0 amide bonds. The molecule has 0 atom stereocenters. The van der Waals surface area contributed by atoms with E-state index in [0.29, 0.717) is 24.3 Å². The smallest absolute Gasteiger partial charge is 0.291 e. The summed E-state index contributed by atoms with van der Waals surface area (Å²) in [6.07, 6.45) is 2.34. The van der Waals surface area contributed by atoms with Gasteiger partial charge in [-0.25, -0.2) is 19.6 Å². The standard InChI is InChI=1S/C18H15N7OS2/c1-24-15-12(6-21-25(18(15)26)7-11-8-27-9-20-11)16-17(24)23-14(28-16)5-10-3-2-4-13(19)22-10/h2-4,6,8-9H,5,7H2,1H3,(H2,19,22). The number of nitrogen functional groups attached to an aromatic ring is 1. The van der Waals surface area contributed by atoms with Crippen molar-refractivity contribution in [3.63, 3.8) is 0 Å². The highest BCUT2D eigenvalue weighted by Gasteiger charge is 2.18. The van der Waals surface area contributed by atoms with Gasteiger partial charge in [-0.05, 0) is 12.1 Å². The fourth-order valence-electron chi connectivity index (χ4n) is 3.24. The molecule has 0 saturated carbocycles. The van der Waals surface area contributed by atoms with Gasteiger partial charge in [-0.1, -0.05) is 6.07 Å². The van der Waals surface area contributed by atoms with Crippen molar-refractivity contribution >= 4 is 49.7 Å². The van der Waals surface area contributed by atoms with Crippen molar-refractivity contribution in [2.75, 3.05) is 5.73 Å². The first-order chi connectivity index (χ1) is 13.6. The lowest BCUT2D eigenvalue weighted by molar-refractivity contribution is 0.635. The number of pyridine rings is 1. The number of thiazole rings is 2. The van der Waals surface area contributed by atoms with Crippen LogP contribution in [0.5, 0.6) is 0 Å². The molecule has 140 valence electrons. The van der Waals surface area contributed by atoms with E-state index in [1.165, 1.54) is 16.0 Å². The molecule has 28 heavy (non-hydrogen) atoms. The summed E-state index contributed by atoms with van der Waals surface area (Å²) in [5.74, 6) is 0.494. The highest BCUT2D eigenvalue weighted by atomic mass is 32.1. The zero-order chi connectivity index (χ0) is 19.3. The van der Waals surface area contributed by atoms with Crippen molar-refractivity contribution in [3.8, 4) is 0 Å². The minimum atomic E-state index is -0.141. The van der Waals surface area contributed by atoms with Crippen molar-refractivity contribution in [2.24, 2.45) is 7.05 Å². The van der Waals surface area contributed by atoms with Crippen LogP contribution in [0, 0.1) is 0 Å². The first kappa shape index (κ1) is 17.0. The predicted molar refractivity (Wildman–Crippen MR) is 111 cm³/mol. The molecular weight excluding hydrogens is 394 g/mol. The van der Waals surface area contributed by atoms with Crippen molar-refractivity contribution < 1.29 is 0 Å². The van der Waals surface area contributed by atoms with Crippen molar-refractivity contribution in [1.82, 2.24) is 29.3 Å². The average molecular weight is 410 g/mol. The van der Waals surface area contributed by atoms with E-state index in [9.17, 15) is 4.79 Å². The molecule has 0 saturated heterocycles. The Hall–Kier alpha value is -3.11. The number of anilines is 1. The summed E-state index contributed by atoms with van der Waals surface area (Å²) in [6.45, 7) is 0.358. The predicted octanol–water partition coefficient (Wildman–Crippen LogP) is 2.42. The molecule has 0 aromatic carbocycles. The number of aryl methyl sites for hydroxylation is 1. The number of hydrogen-bond acceptors (Lipinski definition) is 8. The zero-order valence-electron chi connectivity index (χ0n) is 14.9. The van der Waals surface area contributed by atoms with E-state index in [4.69, 9.17) is 10.7 Å². The Morgan fingerprint density at radius 1 is 1.21 bits per heavy atom. The Balaban J connectivity index is 1.58. The van der Waals surface area contributed by atoms with Crippen LogP contribution in [0.1, 0.15) is 16.4 Å². The minimum absolute atomic E-state index is 0.141. The SMILES string of the molecule is Cn1c2nc(Cc3cccc(N)n3)sc2c2cnn(Cc3cscn3)c(=O)c21. The largest absolute Gasteiger partial charge is 0.384 e. The maximum Gasteiger partial charge on any atom is 0.291 e. The van der Waals surface area contributed by atoms with Crippen LogP contribution in [0.4, 0.5) is 5.82 Å².